The maximum Gasteiger partial charge on any atom is 0.247 e. The number of aromatic nitrogens is 4. The monoisotopic (exact) mass is 560 g/mol. The van der Waals surface area contributed by atoms with Crippen LogP contribution in [0, 0.1) is 18.6 Å². The van der Waals surface area contributed by atoms with Crippen LogP contribution in [-0.2, 0) is 27.4 Å². The summed E-state index contributed by atoms with van der Waals surface area (Å²) >= 11 is 0. The van der Waals surface area contributed by atoms with Crippen LogP contribution in [0.25, 0.3) is 11.4 Å². The van der Waals surface area contributed by atoms with E-state index in [4.69, 9.17) is 4.74 Å². The van der Waals surface area contributed by atoms with Crippen LogP contribution < -0.4 is 5.32 Å². The first kappa shape index (κ1) is 28.0. The first-order chi connectivity index (χ1) is 19.9. The van der Waals surface area contributed by atoms with Gasteiger partial charge in [0.05, 0.1) is 11.7 Å². The smallest absolute Gasteiger partial charge is 0.247 e. The molecule has 11 heteroatoms. The van der Waals surface area contributed by atoms with Crippen LogP contribution in [0.3, 0.4) is 0 Å². The highest BCUT2D eigenvalue weighted by molar-refractivity contribution is 5.88. The molecule has 212 valence electrons. The van der Waals surface area contributed by atoms with Crippen molar-refractivity contribution in [1.29, 1.82) is 0 Å². The molecule has 1 fully saturated rings. The Morgan fingerprint density at radius 2 is 1.78 bits per heavy atom. The summed E-state index contributed by atoms with van der Waals surface area (Å²) in [6, 6.07) is 18.2. The molecule has 0 radical (unpaired) electrons. The molecule has 3 aromatic carbocycles. The molecule has 41 heavy (non-hydrogen) atoms. The summed E-state index contributed by atoms with van der Waals surface area (Å²) in [5.41, 5.74) is 1.92. The Labute approximate surface area is 236 Å². The Morgan fingerprint density at radius 3 is 2.49 bits per heavy atom. The number of benzene rings is 3. The third kappa shape index (κ3) is 6.80. The van der Waals surface area contributed by atoms with Gasteiger partial charge in [0.25, 0.3) is 0 Å². The van der Waals surface area contributed by atoms with Crippen LogP contribution in [-0.4, -0.2) is 56.2 Å². The number of hydrogen-bond acceptors (Lipinski definition) is 6. The highest BCUT2D eigenvalue weighted by atomic mass is 19.1. The van der Waals surface area contributed by atoms with Gasteiger partial charge < -0.3 is 15.0 Å². The van der Waals surface area contributed by atoms with E-state index in [1.165, 1.54) is 23.1 Å². The zero-order valence-corrected chi connectivity index (χ0v) is 22.5. The Hall–Kier alpha value is -4.51. The van der Waals surface area contributed by atoms with Crippen LogP contribution in [0.2, 0.25) is 0 Å². The van der Waals surface area contributed by atoms with Gasteiger partial charge in [-0.25, -0.2) is 8.78 Å². The summed E-state index contributed by atoms with van der Waals surface area (Å²) in [4.78, 5) is 30.0. The minimum atomic E-state index is -1.08. The Kier molecular flexibility index (Phi) is 8.73. The number of hydrogen-bond donors (Lipinski definition) is 1. The fourth-order valence-corrected chi connectivity index (χ4v) is 4.74. The van der Waals surface area contributed by atoms with Crippen molar-refractivity contribution in [2.75, 3.05) is 13.2 Å². The quantitative estimate of drug-likeness (QED) is 0.315. The van der Waals surface area contributed by atoms with E-state index in [0.29, 0.717) is 18.7 Å². The minimum absolute atomic E-state index is 0.0148. The lowest BCUT2D eigenvalue weighted by molar-refractivity contribution is -0.142. The lowest BCUT2D eigenvalue weighted by Crippen LogP contribution is -2.46. The van der Waals surface area contributed by atoms with Crippen LogP contribution in [0.1, 0.15) is 35.6 Å². The molecule has 2 amide bonds. The molecule has 4 aromatic rings. The van der Waals surface area contributed by atoms with Gasteiger partial charge in [-0.3, -0.25) is 9.59 Å². The maximum atomic E-state index is 14.8. The lowest BCUT2D eigenvalue weighted by Gasteiger charge is -2.32. The van der Waals surface area contributed by atoms with Crippen molar-refractivity contribution in [2.45, 2.75) is 45.0 Å². The fraction of sp³-hybridized carbons (Fsp3) is 0.300. The summed E-state index contributed by atoms with van der Waals surface area (Å²) in [5, 5.41) is 14.9. The second-order valence-corrected chi connectivity index (χ2v) is 9.93. The molecule has 0 spiro atoms. The zero-order chi connectivity index (χ0) is 28.8. The summed E-state index contributed by atoms with van der Waals surface area (Å²) in [5.74, 6) is -1.99. The van der Waals surface area contributed by atoms with E-state index in [1.807, 2.05) is 19.1 Å². The van der Waals surface area contributed by atoms with Gasteiger partial charge in [0.1, 0.15) is 24.2 Å². The molecule has 1 aliphatic heterocycles. The Morgan fingerprint density at radius 1 is 1.05 bits per heavy atom. The van der Waals surface area contributed by atoms with Crippen molar-refractivity contribution in [1.82, 2.24) is 30.4 Å². The molecule has 0 aliphatic carbocycles. The summed E-state index contributed by atoms with van der Waals surface area (Å²) < 4.78 is 34.7. The van der Waals surface area contributed by atoms with Crippen molar-refractivity contribution in [3.05, 3.63) is 101 Å². The van der Waals surface area contributed by atoms with Crippen LogP contribution in [0.4, 0.5) is 8.78 Å². The largest absolute Gasteiger partial charge is 0.376 e. The van der Waals surface area contributed by atoms with Gasteiger partial charge in [-0.2, -0.15) is 4.80 Å². The van der Waals surface area contributed by atoms with Gasteiger partial charge in [-0.15, -0.1) is 10.2 Å². The first-order valence-corrected chi connectivity index (χ1v) is 13.4. The average Bonchev–Trinajstić information content (AvgIpc) is 3.66. The average molecular weight is 561 g/mol. The molecule has 0 bridgehead atoms. The molecule has 9 nitrogen and oxygen atoms in total. The van der Waals surface area contributed by atoms with Gasteiger partial charge >= 0.3 is 0 Å². The molecule has 0 unspecified atom stereocenters. The number of tetrazole rings is 1. The molecular weight excluding hydrogens is 530 g/mol. The molecule has 5 rings (SSSR count). The third-order valence-corrected chi connectivity index (χ3v) is 6.94. The second kappa shape index (κ2) is 12.8. The molecule has 1 N–H and O–H groups in total. The summed E-state index contributed by atoms with van der Waals surface area (Å²) in [6.45, 7) is 2.25. The van der Waals surface area contributed by atoms with Crippen molar-refractivity contribution in [3.63, 3.8) is 0 Å². The molecular formula is C30H30F2N6O3. The third-order valence-electron chi connectivity index (χ3n) is 6.94. The molecule has 0 saturated carbocycles. The number of amides is 2. The van der Waals surface area contributed by atoms with Gasteiger partial charge in [0, 0.05) is 25.3 Å². The van der Waals surface area contributed by atoms with E-state index in [2.05, 4.69) is 20.7 Å². The normalized spacial score (nSPS) is 15.4. The number of nitrogens with one attached hydrogen (secondary N) is 1. The summed E-state index contributed by atoms with van der Waals surface area (Å²) in [6.07, 6.45) is 1.64. The minimum Gasteiger partial charge on any atom is -0.376 e. The number of carbonyl (C=O) groups excluding carboxylic acids is 2. The zero-order valence-electron chi connectivity index (χ0n) is 22.5. The predicted octanol–water partition coefficient (Wildman–Crippen LogP) is 3.99. The first-order valence-electron chi connectivity index (χ1n) is 13.4. The lowest BCUT2D eigenvalue weighted by atomic mass is 10.0. The van der Waals surface area contributed by atoms with Gasteiger partial charge in [0.15, 0.2) is 0 Å². The van der Waals surface area contributed by atoms with Crippen LogP contribution in [0.15, 0.2) is 72.8 Å². The number of ether oxygens (including phenoxy) is 1. The molecule has 2 heterocycles. The van der Waals surface area contributed by atoms with E-state index in [9.17, 15) is 18.4 Å². The van der Waals surface area contributed by atoms with E-state index < -0.39 is 36.0 Å². The van der Waals surface area contributed by atoms with Crippen molar-refractivity contribution >= 4 is 11.8 Å². The number of nitrogens with zero attached hydrogens (tertiary/aromatic N) is 5. The van der Waals surface area contributed by atoms with Crippen molar-refractivity contribution < 1.29 is 23.1 Å². The molecule has 1 aromatic heterocycles. The molecule has 1 saturated heterocycles. The standard InChI is InChI=1S/C30H30F2N6O3/c1-20-12-14-21(15-13-20)28(30(40)33-17-23-8-6-16-41-23)37(18-22-7-2-4-10-25(22)31)27(39)19-38-35-29(34-36-38)24-9-3-5-11-26(24)32/h2-5,7,9-15,23,28H,6,8,16-19H2,1H3,(H,33,40)/t23-,28+/m0/s1. The highest BCUT2D eigenvalue weighted by Crippen LogP contribution is 2.26. The van der Waals surface area contributed by atoms with E-state index in [1.54, 1.807) is 42.5 Å². The topological polar surface area (TPSA) is 102 Å². The number of aryl methyl sites for hydroxylation is 1. The van der Waals surface area contributed by atoms with Crippen LogP contribution in [0.5, 0.6) is 0 Å². The number of rotatable bonds is 10. The van der Waals surface area contributed by atoms with Crippen molar-refractivity contribution in [3.8, 4) is 11.4 Å². The van der Waals surface area contributed by atoms with E-state index in [0.717, 1.165) is 23.2 Å². The Bertz CT molecular complexity index is 1500. The van der Waals surface area contributed by atoms with E-state index >= 15 is 0 Å². The van der Waals surface area contributed by atoms with Crippen molar-refractivity contribution in [2.24, 2.45) is 0 Å². The SMILES string of the molecule is Cc1ccc([C@H](C(=O)NC[C@@H]2CCCO2)N(Cc2ccccc2F)C(=O)Cn2nnc(-c3ccccc3F)n2)cc1. The summed E-state index contributed by atoms with van der Waals surface area (Å²) in [7, 11) is 0. The molecule has 1 aliphatic rings. The van der Waals surface area contributed by atoms with Crippen LogP contribution >= 0.6 is 0 Å². The highest BCUT2D eigenvalue weighted by Gasteiger charge is 2.33. The van der Waals surface area contributed by atoms with E-state index in [-0.39, 0.29) is 29.6 Å². The predicted molar refractivity (Wildman–Crippen MR) is 146 cm³/mol. The fourth-order valence-electron chi connectivity index (χ4n) is 4.74. The Balaban J connectivity index is 1.47. The van der Waals surface area contributed by atoms with Gasteiger partial charge in [-0.05, 0) is 48.7 Å². The second-order valence-electron chi connectivity index (χ2n) is 9.93. The maximum absolute atomic E-state index is 14.8. The number of halogens is 2. The van der Waals surface area contributed by atoms with Gasteiger partial charge in [-0.1, -0.05) is 60.2 Å². The van der Waals surface area contributed by atoms with Gasteiger partial charge in [0.2, 0.25) is 17.6 Å². The molecule has 2 atom stereocenters. The number of carbonyl (C=O) groups is 2.